The molecule has 20 heavy (non-hydrogen) atoms. The SMILES string of the molecule is CC(C)CCOCCNC(C)c1ccc(Cl)c(Cl)c1Cl. The predicted octanol–water partition coefficient (Wildman–Crippen LogP) is 5.36. The first kappa shape index (κ1) is 18.1. The second kappa shape index (κ2) is 9.11. The second-order valence-electron chi connectivity index (χ2n) is 5.24. The van der Waals surface area contributed by atoms with Gasteiger partial charge in [0.25, 0.3) is 0 Å². The molecule has 114 valence electrons. The molecule has 0 aliphatic carbocycles. The summed E-state index contributed by atoms with van der Waals surface area (Å²) in [4.78, 5) is 0. The summed E-state index contributed by atoms with van der Waals surface area (Å²) in [6, 6.07) is 3.77. The Kier molecular flexibility index (Phi) is 8.23. The highest BCUT2D eigenvalue weighted by atomic mass is 35.5. The normalized spacial score (nSPS) is 12.9. The van der Waals surface area contributed by atoms with Gasteiger partial charge in [-0.2, -0.15) is 0 Å². The van der Waals surface area contributed by atoms with Crippen molar-refractivity contribution >= 4 is 34.8 Å². The standard InChI is InChI=1S/C15H22Cl3NO/c1-10(2)6-8-20-9-7-19-11(3)12-4-5-13(16)15(18)14(12)17/h4-5,10-11,19H,6-9H2,1-3H3. The molecule has 0 amide bonds. The predicted molar refractivity (Wildman–Crippen MR) is 88.2 cm³/mol. The van der Waals surface area contributed by atoms with Crippen LogP contribution in [-0.2, 0) is 4.74 Å². The van der Waals surface area contributed by atoms with Gasteiger partial charge in [-0.1, -0.05) is 54.7 Å². The van der Waals surface area contributed by atoms with E-state index in [0.717, 1.165) is 25.1 Å². The van der Waals surface area contributed by atoms with E-state index >= 15 is 0 Å². The number of nitrogens with one attached hydrogen (secondary N) is 1. The summed E-state index contributed by atoms with van der Waals surface area (Å²) >= 11 is 18.2. The molecule has 2 nitrogen and oxygen atoms in total. The molecule has 5 heteroatoms. The van der Waals surface area contributed by atoms with Gasteiger partial charge >= 0.3 is 0 Å². The maximum absolute atomic E-state index is 6.20. The zero-order chi connectivity index (χ0) is 15.1. The molecule has 0 aromatic heterocycles. The lowest BCUT2D eigenvalue weighted by atomic mass is 10.1. The first-order chi connectivity index (χ1) is 9.43. The first-order valence-electron chi connectivity index (χ1n) is 6.88. The Morgan fingerprint density at radius 3 is 2.40 bits per heavy atom. The molecular formula is C15H22Cl3NO. The van der Waals surface area contributed by atoms with Crippen molar-refractivity contribution in [2.75, 3.05) is 19.8 Å². The number of halogens is 3. The van der Waals surface area contributed by atoms with Crippen LogP contribution in [0, 0.1) is 5.92 Å². The van der Waals surface area contributed by atoms with Gasteiger partial charge < -0.3 is 10.1 Å². The summed E-state index contributed by atoms with van der Waals surface area (Å²) in [5.41, 5.74) is 0.947. The van der Waals surface area contributed by atoms with Crippen molar-refractivity contribution in [3.8, 4) is 0 Å². The Balaban J connectivity index is 2.36. The van der Waals surface area contributed by atoms with E-state index in [1.165, 1.54) is 0 Å². The van der Waals surface area contributed by atoms with E-state index in [1.807, 2.05) is 13.0 Å². The maximum Gasteiger partial charge on any atom is 0.0781 e. The van der Waals surface area contributed by atoms with Gasteiger partial charge in [-0.3, -0.25) is 0 Å². The summed E-state index contributed by atoms with van der Waals surface area (Å²) in [6.45, 7) is 8.69. The fourth-order valence-electron chi connectivity index (χ4n) is 1.75. The van der Waals surface area contributed by atoms with Crippen LogP contribution in [-0.4, -0.2) is 19.8 Å². The molecular weight excluding hydrogens is 317 g/mol. The minimum atomic E-state index is 0.103. The molecule has 1 N–H and O–H groups in total. The Bertz CT molecular complexity index is 424. The third kappa shape index (κ3) is 5.79. The van der Waals surface area contributed by atoms with E-state index in [9.17, 15) is 0 Å². The summed E-state index contributed by atoms with van der Waals surface area (Å²) in [5.74, 6) is 0.678. The van der Waals surface area contributed by atoms with Gasteiger partial charge in [0.15, 0.2) is 0 Å². The summed E-state index contributed by atoms with van der Waals surface area (Å²) < 4.78 is 5.56. The molecule has 0 saturated carbocycles. The van der Waals surface area contributed by atoms with Gasteiger partial charge in [-0.15, -0.1) is 0 Å². The van der Waals surface area contributed by atoms with Crippen LogP contribution >= 0.6 is 34.8 Å². The van der Waals surface area contributed by atoms with Crippen LogP contribution in [0.15, 0.2) is 12.1 Å². The smallest absolute Gasteiger partial charge is 0.0781 e. The van der Waals surface area contributed by atoms with E-state index in [2.05, 4.69) is 19.2 Å². The average molecular weight is 339 g/mol. The average Bonchev–Trinajstić information content (AvgIpc) is 2.39. The van der Waals surface area contributed by atoms with E-state index in [-0.39, 0.29) is 6.04 Å². The van der Waals surface area contributed by atoms with Gasteiger partial charge in [0.1, 0.15) is 0 Å². The van der Waals surface area contributed by atoms with Crippen LogP contribution in [0.25, 0.3) is 0 Å². The second-order valence-corrected chi connectivity index (χ2v) is 6.40. The van der Waals surface area contributed by atoms with Crippen molar-refractivity contribution < 1.29 is 4.74 Å². The van der Waals surface area contributed by atoms with E-state index in [1.54, 1.807) is 6.07 Å². The third-order valence-corrected chi connectivity index (χ3v) is 4.38. The topological polar surface area (TPSA) is 21.3 Å². The maximum atomic E-state index is 6.20. The molecule has 0 bridgehead atoms. The van der Waals surface area contributed by atoms with Gasteiger partial charge in [0.05, 0.1) is 21.7 Å². The van der Waals surface area contributed by atoms with Crippen LogP contribution < -0.4 is 5.32 Å². The summed E-state index contributed by atoms with van der Waals surface area (Å²) in [6.07, 6.45) is 1.09. The van der Waals surface area contributed by atoms with Crippen molar-refractivity contribution in [2.24, 2.45) is 5.92 Å². The quantitative estimate of drug-likeness (QED) is 0.509. The molecule has 0 heterocycles. The van der Waals surface area contributed by atoms with Crippen molar-refractivity contribution in [1.82, 2.24) is 5.32 Å². The molecule has 1 rings (SSSR count). The molecule has 1 unspecified atom stereocenters. The summed E-state index contributed by atoms with van der Waals surface area (Å²) in [5, 5.41) is 4.76. The number of ether oxygens (including phenoxy) is 1. The Hall–Kier alpha value is 0.01000. The molecule has 1 aromatic carbocycles. The lowest BCUT2D eigenvalue weighted by molar-refractivity contribution is 0.123. The monoisotopic (exact) mass is 337 g/mol. The Morgan fingerprint density at radius 1 is 1.05 bits per heavy atom. The van der Waals surface area contributed by atoms with Gasteiger partial charge in [0.2, 0.25) is 0 Å². The fraction of sp³-hybridized carbons (Fsp3) is 0.600. The van der Waals surface area contributed by atoms with Crippen LogP contribution in [0.2, 0.25) is 15.1 Å². The minimum Gasteiger partial charge on any atom is -0.380 e. The van der Waals surface area contributed by atoms with E-state index < -0.39 is 0 Å². The van der Waals surface area contributed by atoms with E-state index in [4.69, 9.17) is 39.5 Å². The van der Waals surface area contributed by atoms with Crippen LogP contribution in [0.3, 0.4) is 0 Å². The van der Waals surface area contributed by atoms with Crippen molar-refractivity contribution in [3.05, 3.63) is 32.8 Å². The molecule has 0 aliphatic rings. The Labute approximate surface area is 136 Å². The van der Waals surface area contributed by atoms with Crippen LogP contribution in [0.5, 0.6) is 0 Å². The van der Waals surface area contributed by atoms with Crippen molar-refractivity contribution in [2.45, 2.75) is 33.2 Å². The molecule has 0 aliphatic heterocycles. The molecule has 0 saturated heterocycles. The Morgan fingerprint density at radius 2 is 1.75 bits per heavy atom. The van der Waals surface area contributed by atoms with E-state index in [0.29, 0.717) is 27.6 Å². The fourth-order valence-corrected chi connectivity index (χ4v) is 2.46. The highest BCUT2D eigenvalue weighted by molar-refractivity contribution is 6.48. The molecule has 1 atom stereocenters. The molecule has 0 spiro atoms. The zero-order valence-electron chi connectivity index (χ0n) is 12.2. The van der Waals surface area contributed by atoms with Crippen LogP contribution in [0.4, 0.5) is 0 Å². The molecule has 0 radical (unpaired) electrons. The van der Waals surface area contributed by atoms with Gasteiger partial charge in [-0.05, 0) is 30.9 Å². The van der Waals surface area contributed by atoms with Crippen LogP contribution in [0.1, 0.15) is 38.8 Å². The lowest BCUT2D eigenvalue weighted by Crippen LogP contribution is -2.23. The van der Waals surface area contributed by atoms with Gasteiger partial charge in [-0.25, -0.2) is 0 Å². The number of hydrogen-bond donors (Lipinski definition) is 1. The molecule has 0 fully saturated rings. The van der Waals surface area contributed by atoms with Gasteiger partial charge in [0, 0.05) is 19.2 Å². The van der Waals surface area contributed by atoms with Crippen molar-refractivity contribution in [1.29, 1.82) is 0 Å². The third-order valence-electron chi connectivity index (χ3n) is 3.07. The number of rotatable bonds is 8. The number of benzene rings is 1. The summed E-state index contributed by atoms with van der Waals surface area (Å²) in [7, 11) is 0. The number of hydrogen-bond acceptors (Lipinski definition) is 2. The van der Waals surface area contributed by atoms with Crippen molar-refractivity contribution in [3.63, 3.8) is 0 Å². The highest BCUT2D eigenvalue weighted by Gasteiger charge is 2.13. The largest absolute Gasteiger partial charge is 0.380 e. The zero-order valence-corrected chi connectivity index (χ0v) is 14.4. The molecule has 1 aromatic rings. The minimum absolute atomic E-state index is 0.103. The highest BCUT2D eigenvalue weighted by Crippen LogP contribution is 2.35. The lowest BCUT2D eigenvalue weighted by Gasteiger charge is -2.17. The first-order valence-corrected chi connectivity index (χ1v) is 8.01.